The highest BCUT2D eigenvalue weighted by Crippen LogP contribution is 2.36. The van der Waals surface area contributed by atoms with Gasteiger partial charge in [0.15, 0.2) is 0 Å². The molecule has 0 fully saturated rings. The molecule has 3 rings (SSSR count). The molecule has 0 atom stereocenters. The first-order valence-electron chi connectivity index (χ1n) is 7.47. The SMILES string of the molecule is COC(=O)c1c(C)[nH]c(-c2nc(-c3ccc(O)cc3)sc2C)c1C. The predicted molar refractivity (Wildman–Crippen MR) is 94.6 cm³/mol. The fourth-order valence-corrected chi connectivity index (χ4v) is 3.68. The zero-order valence-electron chi connectivity index (χ0n) is 13.9. The number of phenols is 1. The summed E-state index contributed by atoms with van der Waals surface area (Å²) in [5.74, 6) is -0.120. The number of aromatic nitrogens is 2. The monoisotopic (exact) mass is 342 g/mol. The van der Waals surface area contributed by atoms with E-state index in [2.05, 4.69) is 4.98 Å². The van der Waals surface area contributed by atoms with E-state index in [1.165, 1.54) is 7.11 Å². The van der Waals surface area contributed by atoms with Gasteiger partial charge in [0.1, 0.15) is 16.5 Å². The standard InChI is InChI=1S/C18H18N2O3S/c1-9-14(18(22)23-4)10(2)19-15(9)16-11(3)24-17(20-16)12-5-7-13(21)8-6-12/h5-8,19,21H,1-4H3. The maximum Gasteiger partial charge on any atom is 0.339 e. The number of aromatic hydroxyl groups is 1. The van der Waals surface area contributed by atoms with Crippen LogP contribution in [0.15, 0.2) is 24.3 Å². The van der Waals surface area contributed by atoms with E-state index in [0.717, 1.165) is 38.1 Å². The molecular weight excluding hydrogens is 324 g/mol. The number of carbonyl (C=O) groups excluding carboxylic acids is 1. The quantitative estimate of drug-likeness (QED) is 0.699. The van der Waals surface area contributed by atoms with Crippen molar-refractivity contribution in [2.24, 2.45) is 0 Å². The minimum atomic E-state index is -0.348. The third-order valence-electron chi connectivity index (χ3n) is 3.97. The Morgan fingerprint density at radius 2 is 1.88 bits per heavy atom. The van der Waals surface area contributed by atoms with Crippen molar-refractivity contribution < 1.29 is 14.6 Å². The number of hydrogen-bond acceptors (Lipinski definition) is 5. The first-order chi connectivity index (χ1) is 11.4. The Labute approximate surface area is 144 Å². The van der Waals surface area contributed by atoms with E-state index >= 15 is 0 Å². The van der Waals surface area contributed by atoms with Crippen LogP contribution in [-0.4, -0.2) is 28.2 Å². The highest BCUT2D eigenvalue weighted by Gasteiger charge is 2.22. The van der Waals surface area contributed by atoms with Crippen LogP contribution in [0, 0.1) is 20.8 Å². The second-order valence-electron chi connectivity index (χ2n) is 5.59. The number of hydrogen-bond donors (Lipinski definition) is 2. The Morgan fingerprint density at radius 3 is 2.50 bits per heavy atom. The van der Waals surface area contributed by atoms with Gasteiger partial charge in [0.25, 0.3) is 0 Å². The number of methoxy groups -OCH3 is 1. The molecule has 1 aromatic carbocycles. The predicted octanol–water partition coefficient (Wildman–Crippen LogP) is 4.22. The van der Waals surface area contributed by atoms with Crippen molar-refractivity contribution in [2.45, 2.75) is 20.8 Å². The Morgan fingerprint density at radius 1 is 1.21 bits per heavy atom. The largest absolute Gasteiger partial charge is 0.508 e. The minimum Gasteiger partial charge on any atom is -0.508 e. The van der Waals surface area contributed by atoms with Gasteiger partial charge in [-0.2, -0.15) is 0 Å². The topological polar surface area (TPSA) is 75.2 Å². The highest BCUT2D eigenvalue weighted by molar-refractivity contribution is 7.15. The van der Waals surface area contributed by atoms with E-state index in [9.17, 15) is 9.90 Å². The summed E-state index contributed by atoms with van der Waals surface area (Å²) in [7, 11) is 1.38. The van der Waals surface area contributed by atoms with Crippen LogP contribution < -0.4 is 0 Å². The average Bonchev–Trinajstić information content (AvgIpc) is 3.07. The highest BCUT2D eigenvalue weighted by atomic mass is 32.1. The number of phenolic OH excluding ortho intramolecular Hbond substituents is 1. The van der Waals surface area contributed by atoms with E-state index in [-0.39, 0.29) is 11.7 Å². The van der Waals surface area contributed by atoms with E-state index in [4.69, 9.17) is 9.72 Å². The molecule has 0 radical (unpaired) electrons. The fraction of sp³-hybridized carbons (Fsp3) is 0.222. The van der Waals surface area contributed by atoms with Crippen LogP contribution in [0.1, 0.15) is 26.5 Å². The molecule has 0 unspecified atom stereocenters. The molecule has 0 bridgehead atoms. The van der Waals surface area contributed by atoms with Crippen molar-refractivity contribution in [3.63, 3.8) is 0 Å². The van der Waals surface area contributed by atoms with Crippen molar-refractivity contribution in [1.29, 1.82) is 0 Å². The van der Waals surface area contributed by atoms with Gasteiger partial charge in [0.2, 0.25) is 0 Å². The van der Waals surface area contributed by atoms with Gasteiger partial charge in [0, 0.05) is 16.1 Å². The molecule has 0 aliphatic carbocycles. The lowest BCUT2D eigenvalue weighted by atomic mass is 10.1. The maximum atomic E-state index is 12.0. The van der Waals surface area contributed by atoms with Crippen molar-refractivity contribution in [1.82, 2.24) is 9.97 Å². The number of benzene rings is 1. The summed E-state index contributed by atoms with van der Waals surface area (Å²) in [6.45, 7) is 5.75. The van der Waals surface area contributed by atoms with Crippen LogP contribution in [0.4, 0.5) is 0 Å². The number of thiazole rings is 1. The summed E-state index contributed by atoms with van der Waals surface area (Å²) in [4.78, 5) is 21.0. The van der Waals surface area contributed by atoms with Gasteiger partial charge in [-0.25, -0.2) is 9.78 Å². The molecule has 2 heterocycles. The number of ether oxygens (including phenoxy) is 1. The molecule has 3 aromatic rings. The second kappa shape index (κ2) is 6.13. The number of aromatic amines is 1. The Kier molecular flexibility index (Phi) is 4.15. The molecule has 2 N–H and O–H groups in total. The molecule has 0 aliphatic rings. The average molecular weight is 342 g/mol. The molecule has 2 aromatic heterocycles. The summed E-state index contributed by atoms with van der Waals surface area (Å²) in [6, 6.07) is 6.96. The Bertz CT molecular complexity index is 907. The molecule has 0 saturated heterocycles. The van der Waals surface area contributed by atoms with Crippen LogP contribution in [-0.2, 0) is 4.74 Å². The smallest absolute Gasteiger partial charge is 0.339 e. The number of nitrogens with zero attached hydrogens (tertiary/aromatic N) is 1. The van der Waals surface area contributed by atoms with Crippen molar-refractivity contribution in [3.05, 3.63) is 46.0 Å². The summed E-state index contributed by atoms with van der Waals surface area (Å²) < 4.78 is 4.86. The molecule has 0 aliphatic heterocycles. The Hall–Kier alpha value is -2.60. The van der Waals surface area contributed by atoms with Crippen molar-refractivity contribution in [2.75, 3.05) is 7.11 Å². The van der Waals surface area contributed by atoms with Crippen LogP contribution in [0.2, 0.25) is 0 Å². The maximum absolute atomic E-state index is 12.0. The zero-order valence-corrected chi connectivity index (χ0v) is 14.7. The number of H-pyrrole nitrogens is 1. The third-order valence-corrected chi connectivity index (χ3v) is 4.99. The van der Waals surface area contributed by atoms with E-state index in [1.807, 2.05) is 32.9 Å². The molecule has 24 heavy (non-hydrogen) atoms. The number of esters is 1. The summed E-state index contributed by atoms with van der Waals surface area (Å²) in [5, 5.41) is 10.3. The van der Waals surface area contributed by atoms with E-state index in [1.54, 1.807) is 23.5 Å². The van der Waals surface area contributed by atoms with Gasteiger partial charge in [-0.1, -0.05) is 0 Å². The molecule has 0 amide bonds. The number of aryl methyl sites for hydroxylation is 2. The van der Waals surface area contributed by atoms with Crippen molar-refractivity contribution in [3.8, 4) is 27.7 Å². The van der Waals surface area contributed by atoms with Gasteiger partial charge >= 0.3 is 5.97 Å². The van der Waals surface area contributed by atoms with Gasteiger partial charge in [-0.05, 0) is 50.6 Å². The van der Waals surface area contributed by atoms with Gasteiger partial charge < -0.3 is 14.8 Å². The first kappa shape index (κ1) is 16.3. The first-order valence-corrected chi connectivity index (χ1v) is 8.28. The number of rotatable bonds is 3. The van der Waals surface area contributed by atoms with Gasteiger partial charge in [-0.3, -0.25) is 0 Å². The van der Waals surface area contributed by atoms with Gasteiger partial charge in [0.05, 0.1) is 18.4 Å². The lowest BCUT2D eigenvalue weighted by Crippen LogP contribution is -2.03. The summed E-state index contributed by atoms with van der Waals surface area (Å²) in [5.41, 5.74) is 4.79. The number of carbonyl (C=O) groups is 1. The molecule has 0 saturated carbocycles. The lowest BCUT2D eigenvalue weighted by molar-refractivity contribution is 0.0599. The molecule has 124 valence electrons. The third kappa shape index (κ3) is 2.69. The normalized spacial score (nSPS) is 10.8. The second-order valence-corrected chi connectivity index (χ2v) is 6.79. The van der Waals surface area contributed by atoms with Crippen LogP contribution in [0.5, 0.6) is 5.75 Å². The van der Waals surface area contributed by atoms with Crippen LogP contribution >= 0.6 is 11.3 Å². The summed E-state index contributed by atoms with van der Waals surface area (Å²) in [6.07, 6.45) is 0. The molecular formula is C18H18N2O3S. The fourth-order valence-electron chi connectivity index (χ4n) is 2.75. The van der Waals surface area contributed by atoms with Crippen molar-refractivity contribution >= 4 is 17.3 Å². The lowest BCUT2D eigenvalue weighted by Gasteiger charge is -2.00. The summed E-state index contributed by atoms with van der Waals surface area (Å²) >= 11 is 1.58. The van der Waals surface area contributed by atoms with Crippen LogP contribution in [0.3, 0.4) is 0 Å². The molecule has 6 heteroatoms. The van der Waals surface area contributed by atoms with E-state index in [0.29, 0.717) is 5.56 Å². The number of nitrogens with one attached hydrogen (secondary N) is 1. The Balaban J connectivity index is 2.08. The zero-order chi connectivity index (χ0) is 17.4. The minimum absolute atomic E-state index is 0.228. The molecule has 5 nitrogen and oxygen atoms in total. The van der Waals surface area contributed by atoms with E-state index < -0.39 is 0 Å². The molecule has 0 spiro atoms. The van der Waals surface area contributed by atoms with Crippen LogP contribution in [0.25, 0.3) is 22.0 Å². The van der Waals surface area contributed by atoms with Gasteiger partial charge in [-0.15, -0.1) is 11.3 Å².